The molecule has 1 aliphatic heterocycles. The van der Waals surface area contributed by atoms with Gasteiger partial charge in [0.15, 0.2) is 6.61 Å². The fourth-order valence-electron chi connectivity index (χ4n) is 3.64. The lowest BCUT2D eigenvalue weighted by atomic mass is 10.1. The number of hydrogen-bond donors (Lipinski definition) is 2. The minimum Gasteiger partial charge on any atom is -0.497 e. The molecule has 1 heterocycles. The van der Waals surface area contributed by atoms with Crippen LogP contribution in [0.2, 0.25) is 0 Å². The number of carboxylic acid groups (broad SMARTS) is 2. The third-order valence-corrected chi connectivity index (χ3v) is 5.56. The molecule has 0 aromatic heterocycles. The average molecular weight is 481 g/mol. The van der Waals surface area contributed by atoms with E-state index in [1.165, 1.54) is 10.9 Å². The molecule has 0 aliphatic carbocycles. The fourth-order valence-corrected chi connectivity index (χ4v) is 3.64. The Hall–Kier alpha value is -4.11. The molecule has 0 saturated carbocycles. The van der Waals surface area contributed by atoms with Crippen LogP contribution in [-0.4, -0.2) is 77.8 Å². The summed E-state index contributed by atoms with van der Waals surface area (Å²) < 4.78 is 11.0. The summed E-state index contributed by atoms with van der Waals surface area (Å²) in [6.45, 7) is 4.17. The zero-order valence-electron chi connectivity index (χ0n) is 19.4. The van der Waals surface area contributed by atoms with Gasteiger partial charge in [-0.15, -0.1) is 0 Å². The number of fused-ring (bicyclic) bond motifs is 1. The van der Waals surface area contributed by atoms with Crippen molar-refractivity contribution >= 4 is 28.6 Å². The lowest BCUT2D eigenvalue weighted by molar-refractivity contribution is -0.159. The fraction of sp³-hybridized carbons (Fsp3) is 0.269. The molecular formula is C26H28N2O7. The first-order valence-electron chi connectivity index (χ1n) is 11.1. The average Bonchev–Trinajstić information content (AvgIpc) is 2.88. The van der Waals surface area contributed by atoms with Gasteiger partial charge in [-0.2, -0.15) is 0 Å². The molecule has 184 valence electrons. The number of benzene rings is 3. The molecule has 4 rings (SSSR count). The van der Waals surface area contributed by atoms with Crippen LogP contribution in [0.1, 0.15) is 5.56 Å². The highest BCUT2D eigenvalue weighted by Gasteiger charge is 2.21. The number of amides is 1. The van der Waals surface area contributed by atoms with Gasteiger partial charge in [0, 0.05) is 32.7 Å². The maximum absolute atomic E-state index is 12.5. The molecule has 35 heavy (non-hydrogen) atoms. The molecule has 9 nitrogen and oxygen atoms in total. The first-order chi connectivity index (χ1) is 16.9. The summed E-state index contributed by atoms with van der Waals surface area (Å²) in [4.78, 5) is 35.0. The third kappa shape index (κ3) is 7.72. The highest BCUT2D eigenvalue weighted by molar-refractivity contribution is 6.27. The van der Waals surface area contributed by atoms with Crippen LogP contribution in [0.4, 0.5) is 0 Å². The number of ether oxygens (including phenoxy) is 2. The highest BCUT2D eigenvalue weighted by atomic mass is 16.5. The van der Waals surface area contributed by atoms with Gasteiger partial charge in [0.25, 0.3) is 5.91 Å². The van der Waals surface area contributed by atoms with Crippen molar-refractivity contribution < 1.29 is 34.1 Å². The van der Waals surface area contributed by atoms with Crippen molar-refractivity contribution in [3.05, 3.63) is 72.3 Å². The van der Waals surface area contributed by atoms with Crippen LogP contribution in [-0.2, 0) is 20.9 Å². The summed E-state index contributed by atoms with van der Waals surface area (Å²) in [6.07, 6.45) is 0. The normalized spacial score (nSPS) is 13.5. The maximum atomic E-state index is 12.5. The molecule has 1 fully saturated rings. The number of carboxylic acids is 2. The van der Waals surface area contributed by atoms with E-state index in [0.717, 1.165) is 49.6 Å². The van der Waals surface area contributed by atoms with Crippen molar-refractivity contribution in [1.82, 2.24) is 9.80 Å². The monoisotopic (exact) mass is 480 g/mol. The Labute approximate surface area is 203 Å². The van der Waals surface area contributed by atoms with E-state index in [4.69, 9.17) is 29.3 Å². The molecule has 1 amide bonds. The van der Waals surface area contributed by atoms with Gasteiger partial charge in [-0.25, -0.2) is 9.59 Å². The van der Waals surface area contributed by atoms with Gasteiger partial charge in [-0.05, 0) is 40.6 Å². The highest BCUT2D eigenvalue weighted by Crippen LogP contribution is 2.20. The number of nitrogens with zero attached hydrogens (tertiary/aromatic N) is 2. The van der Waals surface area contributed by atoms with E-state index >= 15 is 0 Å². The summed E-state index contributed by atoms with van der Waals surface area (Å²) in [7, 11) is 1.68. The largest absolute Gasteiger partial charge is 0.497 e. The van der Waals surface area contributed by atoms with Crippen LogP contribution in [0.15, 0.2) is 66.7 Å². The summed E-state index contributed by atoms with van der Waals surface area (Å²) in [5.41, 5.74) is 1.25. The number of carbonyl (C=O) groups excluding carboxylic acids is 1. The Morgan fingerprint density at radius 3 is 2.00 bits per heavy atom. The Balaban J connectivity index is 0.000000509. The Bertz CT molecular complexity index is 1140. The van der Waals surface area contributed by atoms with E-state index in [1.54, 1.807) is 7.11 Å². The van der Waals surface area contributed by atoms with Crippen LogP contribution in [0, 0.1) is 0 Å². The standard InChI is InChI=1S/C24H26N2O3.C2H2O4/c1-28-22-9-6-19(7-10-22)17-25-12-14-26(15-13-25)24(27)18-29-23-11-8-20-4-2-3-5-21(20)16-23;3-1(4)2(5)6/h2-11,16H,12-15,17-18H2,1H3;(H,3,4)(H,5,6). The molecule has 1 aliphatic rings. The maximum Gasteiger partial charge on any atom is 0.414 e. The molecule has 0 bridgehead atoms. The molecule has 3 aromatic rings. The second-order valence-corrected chi connectivity index (χ2v) is 7.91. The molecule has 0 atom stereocenters. The predicted octanol–water partition coefficient (Wildman–Crippen LogP) is 2.73. The van der Waals surface area contributed by atoms with Crippen LogP contribution in [0.3, 0.4) is 0 Å². The molecular weight excluding hydrogens is 452 g/mol. The van der Waals surface area contributed by atoms with Crippen molar-refractivity contribution in [3.63, 3.8) is 0 Å². The number of hydrogen-bond acceptors (Lipinski definition) is 6. The predicted molar refractivity (Wildman–Crippen MR) is 130 cm³/mol. The summed E-state index contributed by atoms with van der Waals surface area (Å²) in [6, 6.07) is 22.2. The smallest absolute Gasteiger partial charge is 0.414 e. The Kier molecular flexibility index (Phi) is 9.02. The number of methoxy groups -OCH3 is 1. The van der Waals surface area contributed by atoms with Crippen LogP contribution in [0.5, 0.6) is 11.5 Å². The van der Waals surface area contributed by atoms with E-state index in [-0.39, 0.29) is 12.5 Å². The van der Waals surface area contributed by atoms with Gasteiger partial charge in [-0.1, -0.05) is 42.5 Å². The van der Waals surface area contributed by atoms with Crippen molar-refractivity contribution in [2.24, 2.45) is 0 Å². The Morgan fingerprint density at radius 2 is 1.40 bits per heavy atom. The van der Waals surface area contributed by atoms with Crippen LogP contribution < -0.4 is 9.47 Å². The van der Waals surface area contributed by atoms with E-state index in [2.05, 4.69) is 23.1 Å². The zero-order chi connectivity index (χ0) is 25.2. The number of aliphatic carboxylic acids is 2. The third-order valence-electron chi connectivity index (χ3n) is 5.56. The molecule has 3 aromatic carbocycles. The van der Waals surface area contributed by atoms with Gasteiger partial charge in [0.2, 0.25) is 0 Å². The summed E-state index contributed by atoms with van der Waals surface area (Å²) in [5, 5.41) is 17.1. The summed E-state index contributed by atoms with van der Waals surface area (Å²) in [5.74, 6) is -2.00. The summed E-state index contributed by atoms with van der Waals surface area (Å²) >= 11 is 0. The van der Waals surface area contributed by atoms with Crippen LogP contribution >= 0.6 is 0 Å². The lowest BCUT2D eigenvalue weighted by Crippen LogP contribution is -2.49. The first-order valence-corrected chi connectivity index (χ1v) is 11.1. The second kappa shape index (κ2) is 12.4. The van der Waals surface area contributed by atoms with E-state index in [0.29, 0.717) is 0 Å². The molecule has 2 N–H and O–H groups in total. The molecule has 9 heteroatoms. The van der Waals surface area contributed by atoms with Gasteiger partial charge < -0.3 is 24.6 Å². The zero-order valence-corrected chi connectivity index (χ0v) is 19.4. The van der Waals surface area contributed by atoms with Gasteiger partial charge in [-0.3, -0.25) is 9.69 Å². The SMILES string of the molecule is COc1ccc(CN2CCN(C(=O)COc3ccc4ccccc4c3)CC2)cc1.O=C(O)C(=O)O. The van der Waals surface area contributed by atoms with Crippen molar-refractivity contribution in [2.75, 3.05) is 39.9 Å². The molecule has 0 radical (unpaired) electrons. The first kappa shape index (κ1) is 25.5. The minimum atomic E-state index is -1.82. The number of piperazine rings is 1. The van der Waals surface area contributed by atoms with Crippen molar-refractivity contribution in [3.8, 4) is 11.5 Å². The van der Waals surface area contributed by atoms with Crippen LogP contribution in [0.25, 0.3) is 10.8 Å². The van der Waals surface area contributed by atoms with E-state index in [9.17, 15) is 4.79 Å². The molecule has 1 saturated heterocycles. The Morgan fingerprint density at radius 1 is 0.800 bits per heavy atom. The van der Waals surface area contributed by atoms with E-state index in [1.807, 2.05) is 53.4 Å². The van der Waals surface area contributed by atoms with Crippen molar-refractivity contribution in [2.45, 2.75) is 6.54 Å². The lowest BCUT2D eigenvalue weighted by Gasteiger charge is -2.34. The quantitative estimate of drug-likeness (QED) is 0.518. The van der Waals surface area contributed by atoms with Gasteiger partial charge in [0.05, 0.1) is 7.11 Å². The molecule has 0 spiro atoms. The van der Waals surface area contributed by atoms with Gasteiger partial charge in [0.1, 0.15) is 11.5 Å². The topological polar surface area (TPSA) is 117 Å². The van der Waals surface area contributed by atoms with E-state index < -0.39 is 11.9 Å². The van der Waals surface area contributed by atoms with Gasteiger partial charge >= 0.3 is 11.9 Å². The van der Waals surface area contributed by atoms with Crippen molar-refractivity contribution in [1.29, 1.82) is 0 Å². The number of rotatable bonds is 6. The minimum absolute atomic E-state index is 0.0438. The molecule has 0 unspecified atom stereocenters. The number of carbonyl (C=O) groups is 3. The second-order valence-electron chi connectivity index (χ2n) is 7.91.